The summed E-state index contributed by atoms with van der Waals surface area (Å²) in [4.78, 5) is 22.9. The van der Waals surface area contributed by atoms with Crippen LogP contribution < -0.4 is 16.4 Å². The predicted molar refractivity (Wildman–Crippen MR) is 80.3 cm³/mol. The van der Waals surface area contributed by atoms with Gasteiger partial charge in [-0.1, -0.05) is 20.8 Å². The third-order valence-electron chi connectivity index (χ3n) is 3.20. The van der Waals surface area contributed by atoms with Crippen molar-refractivity contribution in [1.82, 2.24) is 10.6 Å². The van der Waals surface area contributed by atoms with Crippen LogP contribution in [-0.4, -0.2) is 30.4 Å². The maximum Gasteiger partial charge on any atom is 0.220 e. The first-order valence-electron chi connectivity index (χ1n) is 6.79. The number of hydrogen-bond donors (Lipinski definition) is 3. The van der Waals surface area contributed by atoms with E-state index in [9.17, 15) is 9.59 Å². The number of nitrogens with two attached hydrogens (primary N) is 1. The molecule has 2 amide bonds. The second-order valence-corrected chi connectivity index (χ2v) is 4.70. The number of rotatable bonds is 9. The van der Waals surface area contributed by atoms with Crippen LogP contribution in [0.2, 0.25) is 0 Å². The Balaban J connectivity index is 0. The molecule has 0 aromatic rings. The molecule has 4 N–H and O–H groups in total. The minimum Gasteiger partial charge on any atom is -0.356 e. The minimum atomic E-state index is -0.333. The summed E-state index contributed by atoms with van der Waals surface area (Å²) in [6.45, 7) is 7.14. The Bertz CT molecular complexity index is 269. The third-order valence-corrected chi connectivity index (χ3v) is 3.20. The summed E-state index contributed by atoms with van der Waals surface area (Å²) in [6, 6.07) is 0. The van der Waals surface area contributed by atoms with Crippen LogP contribution in [0.5, 0.6) is 0 Å². The van der Waals surface area contributed by atoms with E-state index in [1.165, 1.54) is 0 Å². The van der Waals surface area contributed by atoms with E-state index < -0.39 is 0 Å². The van der Waals surface area contributed by atoms with Gasteiger partial charge in [0.1, 0.15) is 0 Å². The van der Waals surface area contributed by atoms with Gasteiger partial charge in [0.05, 0.1) is 0 Å². The SMILES string of the molecule is CCCNC(=O)CCC(=O)NCC(N)(CC)CC.Cl. The predicted octanol–water partition coefficient (Wildman–Crippen LogP) is 1.35. The molecule has 0 radical (unpaired) electrons. The van der Waals surface area contributed by atoms with Crippen LogP contribution >= 0.6 is 12.4 Å². The smallest absolute Gasteiger partial charge is 0.220 e. The van der Waals surface area contributed by atoms with Crippen molar-refractivity contribution >= 4 is 24.2 Å². The molecule has 0 unspecified atom stereocenters. The molecule has 5 nitrogen and oxygen atoms in total. The van der Waals surface area contributed by atoms with E-state index >= 15 is 0 Å². The molecule has 0 saturated heterocycles. The number of halogens is 1. The molecule has 0 saturated carbocycles. The first-order valence-corrected chi connectivity index (χ1v) is 6.79. The molecule has 0 heterocycles. The highest BCUT2D eigenvalue weighted by molar-refractivity contribution is 5.85. The summed E-state index contributed by atoms with van der Waals surface area (Å²) in [7, 11) is 0. The first kappa shape index (κ1) is 20.5. The van der Waals surface area contributed by atoms with Gasteiger partial charge in [-0.2, -0.15) is 0 Å². The highest BCUT2D eigenvalue weighted by atomic mass is 35.5. The first-order chi connectivity index (χ1) is 8.47. The van der Waals surface area contributed by atoms with Crippen molar-refractivity contribution in [2.75, 3.05) is 13.1 Å². The molecule has 0 rings (SSSR count). The second-order valence-electron chi connectivity index (χ2n) is 4.70. The lowest BCUT2D eigenvalue weighted by Gasteiger charge is -2.26. The largest absolute Gasteiger partial charge is 0.356 e. The number of nitrogens with one attached hydrogen (secondary N) is 2. The molecule has 0 spiro atoms. The molecule has 6 heteroatoms. The zero-order valence-electron chi connectivity index (χ0n) is 12.3. The van der Waals surface area contributed by atoms with E-state index in [1.54, 1.807) is 0 Å². The number of carbonyl (C=O) groups is 2. The Morgan fingerprint density at radius 2 is 1.47 bits per heavy atom. The van der Waals surface area contributed by atoms with Crippen molar-refractivity contribution in [1.29, 1.82) is 0 Å². The highest BCUT2D eigenvalue weighted by Crippen LogP contribution is 2.09. The van der Waals surface area contributed by atoms with E-state index in [1.807, 2.05) is 20.8 Å². The molecule has 0 aliphatic carbocycles. The van der Waals surface area contributed by atoms with Gasteiger partial charge in [0.25, 0.3) is 0 Å². The fraction of sp³-hybridized carbons (Fsp3) is 0.846. The Labute approximate surface area is 122 Å². The lowest BCUT2D eigenvalue weighted by Crippen LogP contribution is -2.49. The number of carbonyl (C=O) groups excluding carboxylic acids is 2. The van der Waals surface area contributed by atoms with Crippen LogP contribution in [0, 0.1) is 0 Å². The van der Waals surface area contributed by atoms with Gasteiger partial charge >= 0.3 is 0 Å². The van der Waals surface area contributed by atoms with Gasteiger partial charge in [-0.05, 0) is 19.3 Å². The van der Waals surface area contributed by atoms with Crippen molar-refractivity contribution < 1.29 is 9.59 Å². The van der Waals surface area contributed by atoms with Gasteiger partial charge in [0.15, 0.2) is 0 Å². The fourth-order valence-electron chi connectivity index (χ4n) is 1.44. The van der Waals surface area contributed by atoms with E-state index in [2.05, 4.69) is 10.6 Å². The van der Waals surface area contributed by atoms with Gasteiger partial charge in [0, 0.05) is 31.5 Å². The summed E-state index contributed by atoms with van der Waals surface area (Å²) in [5.41, 5.74) is 5.74. The zero-order valence-corrected chi connectivity index (χ0v) is 13.1. The Kier molecular flexibility index (Phi) is 11.9. The van der Waals surface area contributed by atoms with Crippen LogP contribution in [0.1, 0.15) is 52.9 Å². The molecule has 0 aliphatic rings. The molecular weight excluding hydrogens is 266 g/mol. The van der Waals surface area contributed by atoms with Crippen molar-refractivity contribution in [2.45, 2.75) is 58.4 Å². The van der Waals surface area contributed by atoms with E-state index in [0.717, 1.165) is 19.3 Å². The van der Waals surface area contributed by atoms with Crippen LogP contribution in [0.15, 0.2) is 0 Å². The summed E-state index contributed by atoms with van der Waals surface area (Å²) >= 11 is 0. The fourth-order valence-corrected chi connectivity index (χ4v) is 1.44. The molecule has 0 aromatic carbocycles. The van der Waals surface area contributed by atoms with Crippen molar-refractivity contribution in [2.24, 2.45) is 5.73 Å². The van der Waals surface area contributed by atoms with Gasteiger partial charge in [-0.15, -0.1) is 12.4 Å². The number of hydrogen-bond acceptors (Lipinski definition) is 3. The van der Waals surface area contributed by atoms with Crippen LogP contribution in [-0.2, 0) is 9.59 Å². The van der Waals surface area contributed by atoms with E-state index in [-0.39, 0.29) is 42.6 Å². The number of amides is 2. The lowest BCUT2D eigenvalue weighted by atomic mass is 9.94. The average Bonchev–Trinajstić information content (AvgIpc) is 2.40. The Morgan fingerprint density at radius 1 is 1.00 bits per heavy atom. The molecule has 0 bridgehead atoms. The van der Waals surface area contributed by atoms with Crippen molar-refractivity contribution in [3.05, 3.63) is 0 Å². The van der Waals surface area contributed by atoms with Crippen LogP contribution in [0.4, 0.5) is 0 Å². The molecule has 0 fully saturated rings. The normalized spacial score (nSPS) is 10.5. The van der Waals surface area contributed by atoms with E-state index in [4.69, 9.17) is 5.73 Å². The molecule has 19 heavy (non-hydrogen) atoms. The van der Waals surface area contributed by atoms with E-state index in [0.29, 0.717) is 13.1 Å². The molecule has 0 atom stereocenters. The summed E-state index contributed by atoms with van der Waals surface area (Å²) < 4.78 is 0. The Hall–Kier alpha value is -0.810. The van der Waals surface area contributed by atoms with Crippen molar-refractivity contribution in [3.8, 4) is 0 Å². The maximum absolute atomic E-state index is 11.6. The van der Waals surface area contributed by atoms with Crippen molar-refractivity contribution in [3.63, 3.8) is 0 Å². The topological polar surface area (TPSA) is 84.2 Å². The molecular formula is C13H28ClN3O2. The molecule has 0 aromatic heterocycles. The summed E-state index contributed by atoms with van der Waals surface area (Å²) in [5.74, 6) is -0.185. The zero-order chi connectivity index (χ0) is 14.0. The van der Waals surface area contributed by atoms with Gasteiger partial charge in [-0.25, -0.2) is 0 Å². The average molecular weight is 294 g/mol. The quantitative estimate of drug-likeness (QED) is 0.600. The minimum absolute atomic E-state index is 0. The van der Waals surface area contributed by atoms with Gasteiger partial charge in [0.2, 0.25) is 11.8 Å². The maximum atomic E-state index is 11.6. The third kappa shape index (κ3) is 9.73. The monoisotopic (exact) mass is 293 g/mol. The lowest BCUT2D eigenvalue weighted by molar-refractivity contribution is -0.126. The summed E-state index contributed by atoms with van der Waals surface area (Å²) in [6.07, 6.45) is 3.00. The molecule has 114 valence electrons. The molecule has 0 aliphatic heterocycles. The Morgan fingerprint density at radius 3 is 1.89 bits per heavy atom. The van der Waals surface area contributed by atoms with Crippen LogP contribution in [0.25, 0.3) is 0 Å². The van der Waals surface area contributed by atoms with Gasteiger partial charge < -0.3 is 16.4 Å². The standard InChI is InChI=1S/C13H27N3O2.ClH/c1-4-9-15-11(17)7-8-12(18)16-10-13(14,5-2)6-3;/h4-10,14H2,1-3H3,(H,15,17)(H,16,18);1H. The highest BCUT2D eigenvalue weighted by Gasteiger charge is 2.20. The van der Waals surface area contributed by atoms with Gasteiger partial charge in [-0.3, -0.25) is 9.59 Å². The van der Waals surface area contributed by atoms with Crippen LogP contribution in [0.3, 0.4) is 0 Å². The second kappa shape index (κ2) is 11.1. The summed E-state index contributed by atoms with van der Waals surface area (Å²) in [5, 5.41) is 5.53.